The smallest absolute Gasteiger partial charge is 0.264 e. The number of benzene rings is 3. The predicted octanol–water partition coefficient (Wildman–Crippen LogP) is 4.71. The summed E-state index contributed by atoms with van der Waals surface area (Å²) in [5.41, 5.74) is 2.70. The molecule has 0 heterocycles. The fourth-order valence-corrected chi connectivity index (χ4v) is 6.14. The SMILES string of the molecule is COc1cccc(CN(C(=O)CN(c2cc(C)cc(C)c2)S(=O)(=O)c2ccc(OC)c(OC)c2)C(C)C(=O)NCC(C)C)c1. The number of methoxy groups -OCH3 is 3. The zero-order chi connectivity index (χ0) is 32.6. The molecule has 0 bridgehead atoms. The van der Waals surface area contributed by atoms with Crippen molar-refractivity contribution in [2.45, 2.75) is 52.1 Å². The molecule has 0 aliphatic heterocycles. The van der Waals surface area contributed by atoms with Crippen molar-refractivity contribution in [3.05, 3.63) is 77.4 Å². The molecule has 1 N–H and O–H groups in total. The molecule has 0 aliphatic carbocycles. The second-order valence-electron chi connectivity index (χ2n) is 11.1. The Bertz CT molecular complexity index is 1550. The number of ether oxygens (including phenoxy) is 3. The predicted molar refractivity (Wildman–Crippen MR) is 171 cm³/mol. The van der Waals surface area contributed by atoms with Gasteiger partial charge in [0.15, 0.2) is 11.5 Å². The second-order valence-corrected chi connectivity index (χ2v) is 12.9. The number of aryl methyl sites for hydroxylation is 2. The molecule has 2 amide bonds. The molecule has 1 atom stereocenters. The summed E-state index contributed by atoms with van der Waals surface area (Å²) in [6, 6.07) is 15.9. The fourth-order valence-electron chi connectivity index (χ4n) is 4.73. The monoisotopic (exact) mass is 625 g/mol. The van der Waals surface area contributed by atoms with Crippen LogP contribution >= 0.6 is 0 Å². The summed E-state index contributed by atoms with van der Waals surface area (Å²) in [5.74, 6) is 0.514. The van der Waals surface area contributed by atoms with Crippen molar-refractivity contribution in [3.8, 4) is 17.2 Å². The van der Waals surface area contributed by atoms with Crippen LogP contribution in [0.2, 0.25) is 0 Å². The van der Waals surface area contributed by atoms with E-state index in [4.69, 9.17) is 14.2 Å². The Labute approximate surface area is 261 Å². The number of rotatable bonds is 14. The number of hydrogen-bond acceptors (Lipinski definition) is 7. The Morgan fingerprint density at radius 2 is 1.50 bits per heavy atom. The van der Waals surface area contributed by atoms with E-state index in [-0.39, 0.29) is 29.0 Å². The highest BCUT2D eigenvalue weighted by molar-refractivity contribution is 7.92. The van der Waals surface area contributed by atoms with Gasteiger partial charge in [-0.2, -0.15) is 0 Å². The quantitative estimate of drug-likeness (QED) is 0.276. The van der Waals surface area contributed by atoms with E-state index in [0.717, 1.165) is 21.0 Å². The van der Waals surface area contributed by atoms with E-state index in [2.05, 4.69) is 5.32 Å². The average Bonchev–Trinajstić information content (AvgIpc) is 2.99. The highest BCUT2D eigenvalue weighted by Gasteiger charge is 2.33. The molecule has 238 valence electrons. The molecular weight excluding hydrogens is 582 g/mol. The zero-order valence-corrected chi connectivity index (χ0v) is 27.5. The van der Waals surface area contributed by atoms with Crippen molar-refractivity contribution < 1.29 is 32.2 Å². The van der Waals surface area contributed by atoms with Gasteiger partial charge in [0.05, 0.1) is 31.9 Å². The first-order valence-corrected chi connectivity index (χ1v) is 15.8. The fraction of sp³-hybridized carbons (Fsp3) is 0.394. The first-order chi connectivity index (χ1) is 20.8. The van der Waals surface area contributed by atoms with Gasteiger partial charge in [-0.3, -0.25) is 13.9 Å². The van der Waals surface area contributed by atoms with E-state index >= 15 is 0 Å². The summed E-state index contributed by atoms with van der Waals surface area (Å²) in [5, 5.41) is 2.89. The lowest BCUT2D eigenvalue weighted by molar-refractivity contribution is -0.139. The van der Waals surface area contributed by atoms with Crippen LogP contribution in [0, 0.1) is 19.8 Å². The van der Waals surface area contributed by atoms with Crippen molar-refractivity contribution in [2.75, 3.05) is 38.7 Å². The first kappa shape index (κ1) is 34.2. The van der Waals surface area contributed by atoms with Crippen LogP contribution in [-0.4, -0.2) is 65.6 Å². The topological polar surface area (TPSA) is 114 Å². The molecule has 3 aromatic carbocycles. The molecule has 44 heavy (non-hydrogen) atoms. The van der Waals surface area contributed by atoms with Crippen LogP contribution in [0.5, 0.6) is 17.2 Å². The van der Waals surface area contributed by atoms with E-state index in [1.165, 1.54) is 37.3 Å². The van der Waals surface area contributed by atoms with Crippen LogP contribution in [0.4, 0.5) is 5.69 Å². The number of carbonyl (C=O) groups excluding carboxylic acids is 2. The number of nitrogens with one attached hydrogen (secondary N) is 1. The van der Waals surface area contributed by atoms with Crippen LogP contribution in [0.15, 0.2) is 65.6 Å². The lowest BCUT2D eigenvalue weighted by Gasteiger charge is -2.32. The molecule has 0 spiro atoms. The number of amides is 2. The maximum absolute atomic E-state index is 14.3. The minimum atomic E-state index is -4.30. The molecule has 0 saturated carbocycles. The van der Waals surface area contributed by atoms with E-state index in [0.29, 0.717) is 23.7 Å². The van der Waals surface area contributed by atoms with Crippen LogP contribution in [0.25, 0.3) is 0 Å². The summed E-state index contributed by atoms with van der Waals surface area (Å²) in [6.07, 6.45) is 0. The van der Waals surface area contributed by atoms with Gasteiger partial charge in [-0.25, -0.2) is 8.42 Å². The molecular formula is C33H43N3O7S. The lowest BCUT2D eigenvalue weighted by atomic mass is 10.1. The van der Waals surface area contributed by atoms with Gasteiger partial charge >= 0.3 is 0 Å². The van der Waals surface area contributed by atoms with Gasteiger partial charge in [-0.1, -0.05) is 32.0 Å². The van der Waals surface area contributed by atoms with E-state index in [9.17, 15) is 18.0 Å². The maximum atomic E-state index is 14.3. The van der Waals surface area contributed by atoms with Crippen molar-refractivity contribution in [2.24, 2.45) is 5.92 Å². The highest BCUT2D eigenvalue weighted by atomic mass is 32.2. The van der Waals surface area contributed by atoms with Gasteiger partial charge in [0.25, 0.3) is 10.0 Å². The van der Waals surface area contributed by atoms with Crippen LogP contribution in [-0.2, 0) is 26.2 Å². The Morgan fingerprint density at radius 3 is 2.09 bits per heavy atom. The van der Waals surface area contributed by atoms with E-state index < -0.39 is 28.5 Å². The summed E-state index contributed by atoms with van der Waals surface area (Å²) in [7, 11) is 0.130. The third-order valence-electron chi connectivity index (χ3n) is 7.06. The van der Waals surface area contributed by atoms with Gasteiger partial charge < -0.3 is 24.4 Å². The Hall–Kier alpha value is -4.25. The van der Waals surface area contributed by atoms with Crippen LogP contribution in [0.1, 0.15) is 37.5 Å². The maximum Gasteiger partial charge on any atom is 0.264 e. The summed E-state index contributed by atoms with van der Waals surface area (Å²) in [6.45, 7) is 9.25. The molecule has 1 unspecified atom stereocenters. The van der Waals surface area contributed by atoms with Gasteiger partial charge in [0.2, 0.25) is 11.8 Å². The second kappa shape index (κ2) is 15.0. The third kappa shape index (κ3) is 8.43. The van der Waals surface area contributed by atoms with Crippen LogP contribution in [0.3, 0.4) is 0 Å². The molecule has 0 aromatic heterocycles. The molecule has 3 aromatic rings. The normalized spacial score (nSPS) is 11.9. The van der Waals surface area contributed by atoms with Gasteiger partial charge in [0, 0.05) is 19.2 Å². The largest absolute Gasteiger partial charge is 0.497 e. The Kier molecular flexibility index (Phi) is 11.6. The van der Waals surface area contributed by atoms with Gasteiger partial charge in [0.1, 0.15) is 18.3 Å². The molecule has 0 radical (unpaired) electrons. The molecule has 0 aliphatic rings. The molecule has 0 fully saturated rings. The van der Waals surface area contributed by atoms with Crippen molar-refractivity contribution in [1.29, 1.82) is 0 Å². The summed E-state index contributed by atoms with van der Waals surface area (Å²) < 4.78 is 45.6. The Balaban J connectivity index is 2.10. The number of nitrogens with zero attached hydrogens (tertiary/aromatic N) is 2. The van der Waals surface area contributed by atoms with Crippen molar-refractivity contribution in [1.82, 2.24) is 10.2 Å². The summed E-state index contributed by atoms with van der Waals surface area (Å²) in [4.78, 5) is 28.7. The van der Waals surface area contributed by atoms with Crippen molar-refractivity contribution >= 4 is 27.5 Å². The molecule has 10 nitrogen and oxygen atoms in total. The minimum Gasteiger partial charge on any atom is -0.497 e. The van der Waals surface area contributed by atoms with Crippen LogP contribution < -0.4 is 23.8 Å². The van der Waals surface area contributed by atoms with Gasteiger partial charge in [-0.15, -0.1) is 0 Å². The standard InChI is InChI=1S/C33H43N3O7S/c1-22(2)19-34-33(38)25(5)35(20-26-10-9-11-28(17-26)41-6)32(37)21-36(27-15-23(3)14-24(4)16-27)44(39,40)29-12-13-30(42-7)31(18-29)43-8/h9-18,22,25H,19-21H2,1-8H3,(H,34,38). The minimum absolute atomic E-state index is 0.0589. The van der Waals surface area contributed by atoms with Gasteiger partial charge in [-0.05, 0) is 79.8 Å². The zero-order valence-electron chi connectivity index (χ0n) is 26.7. The number of anilines is 1. The van der Waals surface area contributed by atoms with E-state index in [1.807, 2.05) is 39.8 Å². The first-order valence-electron chi connectivity index (χ1n) is 14.3. The molecule has 3 rings (SSSR count). The summed E-state index contributed by atoms with van der Waals surface area (Å²) >= 11 is 0. The third-order valence-corrected chi connectivity index (χ3v) is 8.83. The molecule has 11 heteroatoms. The number of hydrogen-bond donors (Lipinski definition) is 1. The molecule has 0 saturated heterocycles. The van der Waals surface area contributed by atoms with Crippen molar-refractivity contribution in [3.63, 3.8) is 0 Å². The lowest BCUT2D eigenvalue weighted by Crippen LogP contribution is -2.51. The average molecular weight is 626 g/mol. The number of carbonyl (C=O) groups is 2. The Morgan fingerprint density at radius 1 is 0.841 bits per heavy atom. The number of sulfonamides is 1. The van der Waals surface area contributed by atoms with E-state index in [1.54, 1.807) is 44.4 Å². The highest BCUT2D eigenvalue weighted by Crippen LogP contribution is 2.33.